The van der Waals surface area contributed by atoms with Crippen molar-refractivity contribution in [1.29, 1.82) is 0 Å². The Kier molecular flexibility index (Phi) is 5.55. The molecule has 7 nitrogen and oxygen atoms in total. The maximum Gasteiger partial charge on any atom is 0.323 e. The Balaban J connectivity index is 2.55. The lowest BCUT2D eigenvalue weighted by Gasteiger charge is -2.22. The number of anilines is 1. The third kappa shape index (κ3) is 4.23. The van der Waals surface area contributed by atoms with Crippen LogP contribution in [0.15, 0.2) is 12.1 Å². The molecule has 2 rings (SSSR count). The van der Waals surface area contributed by atoms with Gasteiger partial charge in [-0.05, 0) is 31.0 Å². The van der Waals surface area contributed by atoms with Crippen LogP contribution in [0.3, 0.4) is 0 Å². The summed E-state index contributed by atoms with van der Waals surface area (Å²) < 4.78 is 26.7. The van der Waals surface area contributed by atoms with E-state index in [2.05, 4.69) is 5.10 Å². The fourth-order valence-corrected chi connectivity index (χ4v) is 2.88. The van der Waals surface area contributed by atoms with Crippen molar-refractivity contribution < 1.29 is 28.6 Å². The third-order valence-corrected chi connectivity index (χ3v) is 3.80. The number of aromatic nitrogens is 2. The summed E-state index contributed by atoms with van der Waals surface area (Å²) in [5.74, 6) is -2.34. The first-order chi connectivity index (χ1) is 11.7. The van der Waals surface area contributed by atoms with Crippen LogP contribution in [0.1, 0.15) is 18.2 Å². The summed E-state index contributed by atoms with van der Waals surface area (Å²) in [7, 11) is 0. The van der Waals surface area contributed by atoms with Gasteiger partial charge in [0.15, 0.2) is 0 Å². The number of rotatable bonds is 8. The zero-order valence-electron chi connectivity index (χ0n) is 13.9. The summed E-state index contributed by atoms with van der Waals surface area (Å²) in [5, 5.41) is 22.9. The Morgan fingerprint density at radius 3 is 2.32 bits per heavy atom. The molecule has 1 heterocycles. The van der Waals surface area contributed by atoms with E-state index >= 15 is 0 Å². The topological polar surface area (TPSA) is 95.7 Å². The summed E-state index contributed by atoms with van der Waals surface area (Å²) >= 11 is 0. The first-order valence-corrected chi connectivity index (χ1v) is 7.69. The van der Waals surface area contributed by atoms with Crippen LogP contribution in [-0.2, 0) is 22.6 Å². The van der Waals surface area contributed by atoms with Gasteiger partial charge in [0.25, 0.3) is 6.43 Å². The van der Waals surface area contributed by atoms with E-state index in [-0.39, 0.29) is 0 Å². The predicted molar refractivity (Wildman–Crippen MR) is 87.3 cm³/mol. The van der Waals surface area contributed by atoms with Crippen LogP contribution in [0.5, 0.6) is 0 Å². The molecule has 0 saturated heterocycles. The van der Waals surface area contributed by atoms with E-state index < -0.39 is 38.0 Å². The number of hydrogen-bond acceptors (Lipinski definition) is 4. The van der Waals surface area contributed by atoms with Gasteiger partial charge in [-0.25, -0.2) is 8.78 Å². The van der Waals surface area contributed by atoms with Gasteiger partial charge in [0.05, 0.1) is 5.52 Å². The van der Waals surface area contributed by atoms with Crippen LogP contribution < -0.4 is 4.90 Å². The highest BCUT2D eigenvalue weighted by molar-refractivity contribution is 5.89. The maximum atomic E-state index is 12.7. The molecule has 0 aliphatic rings. The summed E-state index contributed by atoms with van der Waals surface area (Å²) in [6, 6.07) is 3.28. The number of carbonyl (C=O) groups is 2. The highest BCUT2D eigenvalue weighted by Crippen LogP contribution is 2.29. The molecule has 0 unspecified atom stereocenters. The number of halogens is 2. The maximum absolute atomic E-state index is 12.7. The summed E-state index contributed by atoms with van der Waals surface area (Å²) in [5.41, 5.74) is 2.15. The third-order valence-electron chi connectivity index (χ3n) is 3.80. The first-order valence-electron chi connectivity index (χ1n) is 7.69. The average Bonchev–Trinajstić information content (AvgIpc) is 2.79. The lowest BCUT2D eigenvalue weighted by Crippen LogP contribution is -2.34. The van der Waals surface area contributed by atoms with Crippen molar-refractivity contribution in [3.8, 4) is 0 Å². The summed E-state index contributed by atoms with van der Waals surface area (Å²) in [6.45, 7) is 2.05. The number of nitrogens with zero attached hydrogens (tertiary/aromatic N) is 3. The number of aliphatic carboxylic acids is 2. The molecule has 0 fully saturated rings. The largest absolute Gasteiger partial charge is 0.480 e. The molecular weight excluding hydrogens is 336 g/mol. The number of fused-ring (bicyclic) bond motifs is 1. The van der Waals surface area contributed by atoms with E-state index in [9.17, 15) is 18.4 Å². The lowest BCUT2D eigenvalue weighted by atomic mass is 10.1. The molecule has 0 spiro atoms. The molecule has 9 heteroatoms. The Morgan fingerprint density at radius 1 is 1.24 bits per heavy atom. The standard InChI is InChI=1S/C16H19F2N3O4/c1-3-12-10-4-9(2)13(20(7-15(22)23)8-16(24)25)5-11(10)19-21(12)6-14(17)18/h4-5,14H,3,6-8H2,1-2H3,(H,22,23)(H,24,25). The molecule has 0 aliphatic heterocycles. The Hall–Kier alpha value is -2.71. The second-order valence-electron chi connectivity index (χ2n) is 5.67. The van der Waals surface area contributed by atoms with Gasteiger partial charge in [0.1, 0.15) is 19.6 Å². The highest BCUT2D eigenvalue weighted by Gasteiger charge is 2.20. The number of carboxylic acid groups (broad SMARTS) is 2. The zero-order valence-corrected chi connectivity index (χ0v) is 13.9. The summed E-state index contributed by atoms with van der Waals surface area (Å²) in [4.78, 5) is 23.3. The molecule has 25 heavy (non-hydrogen) atoms. The minimum Gasteiger partial charge on any atom is -0.480 e. The SMILES string of the molecule is CCc1c2cc(C)c(N(CC(=O)O)CC(=O)O)cc2nn1CC(F)F. The highest BCUT2D eigenvalue weighted by atomic mass is 19.3. The minimum atomic E-state index is -2.55. The molecule has 2 N–H and O–H groups in total. The van der Waals surface area contributed by atoms with Crippen LogP contribution in [0, 0.1) is 6.92 Å². The fraction of sp³-hybridized carbons (Fsp3) is 0.438. The van der Waals surface area contributed by atoms with Crippen LogP contribution >= 0.6 is 0 Å². The van der Waals surface area contributed by atoms with Crippen LogP contribution in [0.2, 0.25) is 0 Å². The average molecular weight is 355 g/mol. The van der Waals surface area contributed by atoms with Gasteiger partial charge in [-0.2, -0.15) is 5.10 Å². The quantitative estimate of drug-likeness (QED) is 0.753. The van der Waals surface area contributed by atoms with Gasteiger partial charge in [-0.1, -0.05) is 6.92 Å². The van der Waals surface area contributed by atoms with Gasteiger partial charge in [0.2, 0.25) is 0 Å². The number of benzene rings is 1. The van der Waals surface area contributed by atoms with Gasteiger partial charge < -0.3 is 15.1 Å². The van der Waals surface area contributed by atoms with Crippen molar-refractivity contribution in [2.75, 3.05) is 18.0 Å². The van der Waals surface area contributed by atoms with E-state index in [1.54, 1.807) is 19.1 Å². The van der Waals surface area contributed by atoms with E-state index in [0.29, 0.717) is 34.3 Å². The van der Waals surface area contributed by atoms with Crippen molar-refractivity contribution in [3.63, 3.8) is 0 Å². The lowest BCUT2D eigenvalue weighted by molar-refractivity contribution is -0.136. The number of hydrogen-bond donors (Lipinski definition) is 2. The van der Waals surface area contributed by atoms with Gasteiger partial charge in [0, 0.05) is 16.8 Å². The van der Waals surface area contributed by atoms with Crippen molar-refractivity contribution >= 4 is 28.5 Å². The monoisotopic (exact) mass is 355 g/mol. The van der Waals surface area contributed by atoms with E-state index in [4.69, 9.17) is 10.2 Å². The van der Waals surface area contributed by atoms with Crippen LogP contribution in [0.25, 0.3) is 10.9 Å². The van der Waals surface area contributed by atoms with Crippen LogP contribution in [0.4, 0.5) is 14.5 Å². The fourth-order valence-electron chi connectivity index (χ4n) is 2.88. The van der Waals surface area contributed by atoms with Gasteiger partial charge in [-0.3, -0.25) is 14.3 Å². The molecule has 0 atom stereocenters. The van der Waals surface area contributed by atoms with Gasteiger partial charge in [-0.15, -0.1) is 0 Å². The van der Waals surface area contributed by atoms with E-state index in [1.807, 2.05) is 6.92 Å². The van der Waals surface area contributed by atoms with Crippen molar-refractivity contribution in [2.45, 2.75) is 33.2 Å². The van der Waals surface area contributed by atoms with Crippen molar-refractivity contribution in [3.05, 3.63) is 23.4 Å². The Labute approximate surface area is 142 Å². The molecule has 0 saturated carbocycles. The van der Waals surface area contributed by atoms with E-state index in [0.717, 1.165) is 0 Å². The Bertz CT molecular complexity index is 788. The molecule has 0 amide bonds. The number of aryl methyl sites for hydroxylation is 2. The van der Waals surface area contributed by atoms with Crippen molar-refractivity contribution in [1.82, 2.24) is 9.78 Å². The molecule has 0 bridgehead atoms. The van der Waals surface area contributed by atoms with Gasteiger partial charge >= 0.3 is 11.9 Å². The van der Waals surface area contributed by atoms with Crippen LogP contribution in [-0.4, -0.2) is 51.4 Å². The molecule has 136 valence electrons. The second kappa shape index (κ2) is 7.45. The molecule has 1 aromatic heterocycles. The van der Waals surface area contributed by atoms with E-state index in [1.165, 1.54) is 9.58 Å². The molecular formula is C16H19F2N3O4. The first kappa shape index (κ1) is 18.6. The molecule has 1 aromatic carbocycles. The molecule has 0 aliphatic carbocycles. The predicted octanol–water partition coefficient (Wildman–Crippen LogP) is 2.15. The molecule has 2 aromatic rings. The van der Waals surface area contributed by atoms with Crippen molar-refractivity contribution in [2.24, 2.45) is 0 Å². The minimum absolute atomic E-state index is 0.404. The smallest absolute Gasteiger partial charge is 0.323 e. The Morgan fingerprint density at radius 2 is 1.84 bits per heavy atom. The second-order valence-corrected chi connectivity index (χ2v) is 5.67. The zero-order chi connectivity index (χ0) is 18.7. The number of carboxylic acids is 2. The normalized spacial score (nSPS) is 11.2. The number of alkyl halides is 2. The molecule has 0 radical (unpaired) electrons. The summed E-state index contributed by atoms with van der Waals surface area (Å²) in [6.07, 6.45) is -2.04.